The second-order valence-corrected chi connectivity index (χ2v) is 11.3. The van der Waals surface area contributed by atoms with Gasteiger partial charge in [-0.3, -0.25) is 0 Å². The van der Waals surface area contributed by atoms with Crippen molar-refractivity contribution in [2.75, 3.05) is 0 Å². The molecule has 0 saturated heterocycles. The minimum absolute atomic E-state index is 0. The van der Waals surface area contributed by atoms with E-state index >= 15 is 0 Å². The van der Waals surface area contributed by atoms with Gasteiger partial charge in [-0.1, -0.05) is 0 Å². The molecule has 196 valence electrons. The topological polar surface area (TPSA) is 82.6 Å². The molecule has 4 rings (SSSR count). The molecule has 38 heavy (non-hydrogen) atoms. The summed E-state index contributed by atoms with van der Waals surface area (Å²) in [4.78, 5) is 28.3. The molecule has 8 heteroatoms. The Morgan fingerprint density at radius 3 is 1.45 bits per heavy atom. The van der Waals surface area contributed by atoms with Crippen LogP contribution in [0, 0.1) is 0 Å². The van der Waals surface area contributed by atoms with Gasteiger partial charge in [-0.05, 0) is 0 Å². The Balaban J connectivity index is 0.00000400. The van der Waals surface area contributed by atoms with Crippen LogP contribution in [-0.4, -0.2) is 33.3 Å². The normalized spacial score (nSPS) is 12.1. The summed E-state index contributed by atoms with van der Waals surface area (Å²) < 4.78 is 11.2. The van der Waals surface area contributed by atoms with E-state index in [4.69, 9.17) is 7.58 Å². The standard InChI is InChI=1S/2C15H16O2S.Al.H2O/c2*1-2-6-13(15(16)17)14-12(9-10-18-14)11-7-4-3-5-8-11;;/h2*3-5,7-10,13H,2,6H2,1H3,(H,16,17);;1H2/q;;+3;/p-3. The Labute approximate surface area is 239 Å². The van der Waals surface area contributed by atoms with Crippen molar-refractivity contribution in [3.8, 4) is 22.3 Å². The fraction of sp³-hybridized carbons (Fsp3) is 0.267. The first-order chi connectivity index (χ1) is 18.1. The molecule has 2 aromatic carbocycles. The monoisotopic (exact) mass is 562 g/mol. The summed E-state index contributed by atoms with van der Waals surface area (Å²) in [6, 6.07) is 24.3. The third kappa shape index (κ3) is 7.22. The molecule has 0 saturated carbocycles. The average molecular weight is 563 g/mol. The summed E-state index contributed by atoms with van der Waals surface area (Å²) in [6.07, 6.45) is 3.06. The molecular weight excluding hydrogens is 531 g/mol. The molecule has 4 aromatic rings. The maximum atomic E-state index is 13.2. The molecule has 0 spiro atoms. The second kappa shape index (κ2) is 15.0. The predicted octanol–water partition coefficient (Wildman–Crippen LogP) is 8.06. The van der Waals surface area contributed by atoms with E-state index in [0.717, 1.165) is 44.8 Å². The van der Waals surface area contributed by atoms with Crippen molar-refractivity contribution in [2.24, 2.45) is 0 Å². The Morgan fingerprint density at radius 2 is 1.08 bits per heavy atom. The van der Waals surface area contributed by atoms with Crippen LogP contribution < -0.4 is 0 Å². The van der Waals surface area contributed by atoms with Gasteiger partial charge >= 0.3 is 235 Å². The van der Waals surface area contributed by atoms with Crippen LogP contribution in [0.2, 0.25) is 0 Å². The molecule has 2 atom stereocenters. The number of hydrogen-bond donors (Lipinski definition) is 0. The van der Waals surface area contributed by atoms with Crippen molar-refractivity contribution in [1.29, 1.82) is 0 Å². The fourth-order valence-corrected chi connectivity index (χ4v) is 7.12. The number of carbonyl (C=O) groups excluding carboxylic acids is 2. The summed E-state index contributed by atoms with van der Waals surface area (Å²) in [6.45, 7) is 4.12. The Morgan fingerprint density at radius 1 is 0.684 bits per heavy atom. The maximum Gasteiger partial charge on any atom is -0.870 e. The third-order valence-corrected chi connectivity index (χ3v) is 8.96. The van der Waals surface area contributed by atoms with E-state index in [1.165, 1.54) is 0 Å². The Hall–Kier alpha value is -2.73. The minimum Gasteiger partial charge on any atom is -0.870 e. The van der Waals surface area contributed by atoms with Crippen LogP contribution in [0.4, 0.5) is 0 Å². The van der Waals surface area contributed by atoms with Gasteiger partial charge in [-0.25, -0.2) is 0 Å². The molecule has 1 N–H and O–H groups in total. The Kier molecular flexibility index (Phi) is 11.8. The summed E-state index contributed by atoms with van der Waals surface area (Å²) in [5.41, 5.74) is 4.28. The first kappa shape index (κ1) is 29.8. The minimum atomic E-state index is -1.24. The van der Waals surface area contributed by atoms with Crippen LogP contribution >= 0.6 is 22.7 Å². The maximum absolute atomic E-state index is 13.2. The van der Waals surface area contributed by atoms with E-state index in [9.17, 15) is 9.59 Å². The molecular formula is C30H31AlO5S2. The van der Waals surface area contributed by atoms with Gasteiger partial charge in [-0.2, -0.15) is 0 Å². The zero-order valence-corrected chi connectivity index (χ0v) is 24.3. The molecule has 2 aromatic heterocycles. The molecule has 5 nitrogen and oxygen atoms in total. The van der Waals surface area contributed by atoms with E-state index in [1.54, 1.807) is 22.7 Å². The molecule has 0 aliphatic heterocycles. The Bertz CT molecular complexity index is 1190. The first-order valence-corrected chi connectivity index (χ1v) is 15.3. The van der Waals surface area contributed by atoms with Crippen molar-refractivity contribution < 1.29 is 22.6 Å². The first-order valence-electron chi connectivity index (χ1n) is 12.6. The predicted molar refractivity (Wildman–Crippen MR) is 155 cm³/mol. The van der Waals surface area contributed by atoms with Crippen LogP contribution in [-0.2, 0) is 17.2 Å². The number of benzene rings is 2. The number of thiophene rings is 2. The van der Waals surface area contributed by atoms with Gasteiger partial charge in [0.2, 0.25) is 0 Å². The van der Waals surface area contributed by atoms with Gasteiger partial charge < -0.3 is 5.48 Å². The third-order valence-electron chi connectivity index (χ3n) is 6.25. The largest absolute Gasteiger partial charge is 0.870 e. The van der Waals surface area contributed by atoms with Gasteiger partial charge in [-0.15, -0.1) is 0 Å². The number of rotatable bonds is 12. The smallest absolute Gasteiger partial charge is 0.870 e. The summed E-state index contributed by atoms with van der Waals surface area (Å²) in [5.74, 6) is -1.39. The van der Waals surface area contributed by atoms with Crippen LogP contribution in [0.3, 0.4) is 0 Å². The van der Waals surface area contributed by atoms with E-state index in [-0.39, 0.29) is 29.3 Å². The summed E-state index contributed by atoms with van der Waals surface area (Å²) in [5, 5.41) is 4.03. The zero-order chi connectivity index (χ0) is 26.0. The zero-order valence-electron chi connectivity index (χ0n) is 21.5. The van der Waals surface area contributed by atoms with Gasteiger partial charge in [0.05, 0.1) is 0 Å². The second-order valence-electron chi connectivity index (χ2n) is 8.78. The van der Waals surface area contributed by atoms with E-state index < -0.39 is 15.9 Å². The van der Waals surface area contributed by atoms with Gasteiger partial charge in [0.15, 0.2) is 0 Å². The molecule has 0 aliphatic carbocycles. The molecule has 2 heterocycles. The van der Waals surface area contributed by atoms with Crippen LogP contribution in [0.25, 0.3) is 22.3 Å². The summed E-state index contributed by atoms with van der Waals surface area (Å²) in [7, 11) is 0. The van der Waals surface area contributed by atoms with Gasteiger partial charge in [0, 0.05) is 0 Å². The van der Waals surface area contributed by atoms with Crippen molar-refractivity contribution >= 4 is 50.5 Å². The molecule has 0 bridgehead atoms. The number of carbonyl (C=O) groups is 2. The number of hydrogen-bond acceptors (Lipinski definition) is 7. The fourth-order valence-electron chi connectivity index (χ4n) is 4.47. The molecule has 0 aliphatic rings. The van der Waals surface area contributed by atoms with Crippen LogP contribution in [0.5, 0.6) is 0 Å². The van der Waals surface area contributed by atoms with Crippen molar-refractivity contribution in [3.63, 3.8) is 0 Å². The van der Waals surface area contributed by atoms with Crippen molar-refractivity contribution in [2.45, 2.75) is 51.4 Å². The van der Waals surface area contributed by atoms with Gasteiger partial charge in [0.25, 0.3) is 0 Å². The van der Waals surface area contributed by atoms with E-state index in [1.807, 2.05) is 47.2 Å². The van der Waals surface area contributed by atoms with E-state index in [2.05, 4.69) is 50.2 Å². The van der Waals surface area contributed by atoms with Crippen LogP contribution in [0.1, 0.15) is 61.1 Å². The van der Waals surface area contributed by atoms with Crippen molar-refractivity contribution in [3.05, 3.63) is 93.3 Å². The van der Waals surface area contributed by atoms with E-state index in [0.29, 0.717) is 12.8 Å². The average Bonchev–Trinajstić information content (AvgIpc) is 3.61. The van der Waals surface area contributed by atoms with Gasteiger partial charge in [0.1, 0.15) is 0 Å². The summed E-state index contributed by atoms with van der Waals surface area (Å²) >= 11 is 1.90. The molecule has 0 amide bonds. The molecule has 2 unspecified atom stereocenters. The van der Waals surface area contributed by atoms with Crippen molar-refractivity contribution in [1.82, 2.24) is 0 Å². The molecule has 0 radical (unpaired) electrons. The quantitative estimate of drug-likeness (QED) is 0.163. The van der Waals surface area contributed by atoms with Crippen LogP contribution in [0.15, 0.2) is 83.6 Å². The molecule has 0 fully saturated rings. The SMILES string of the molecule is CCCC(C(=O)[O][Al+][O]C(=O)C(CCC)c1sccc1-c1ccccc1)c1sccc1-c1ccccc1.[OH-].